The van der Waals surface area contributed by atoms with Crippen LogP contribution in [-0.2, 0) is 17.8 Å². The van der Waals surface area contributed by atoms with Gasteiger partial charge in [0.25, 0.3) is 11.2 Å². The van der Waals surface area contributed by atoms with Crippen molar-refractivity contribution < 1.29 is 14.5 Å². The smallest absolute Gasteiger partial charge is 0.285 e. The minimum Gasteiger partial charge on any atom is -0.494 e. The first-order valence-corrected chi connectivity index (χ1v) is 8.83. The van der Waals surface area contributed by atoms with Crippen LogP contribution >= 0.6 is 0 Å². The Morgan fingerprint density at radius 1 is 1.19 bits per heavy atom. The van der Waals surface area contributed by atoms with E-state index in [9.17, 15) is 19.7 Å². The Morgan fingerprint density at radius 3 is 2.59 bits per heavy atom. The van der Waals surface area contributed by atoms with Gasteiger partial charge in [0.15, 0.2) is 0 Å². The fourth-order valence-corrected chi connectivity index (χ4v) is 2.55. The zero-order valence-electron chi connectivity index (χ0n) is 15.2. The topological polar surface area (TPSA) is 103 Å². The Hall–Kier alpha value is -3.16. The monoisotopic (exact) mass is 373 g/mol. The maximum Gasteiger partial charge on any atom is 0.285 e. The van der Waals surface area contributed by atoms with Gasteiger partial charge in [-0.2, -0.15) is 0 Å². The molecular formula is C19H23N3O5. The molecule has 1 aromatic heterocycles. The molecule has 1 amide bonds. The SMILES string of the molecule is CCOc1ccc(CC(=O)NCCCCn2cc([N+](=O)[O-])ccc2=O)cc1. The normalized spacial score (nSPS) is 10.4. The number of aromatic nitrogens is 1. The molecule has 0 fully saturated rings. The molecule has 0 radical (unpaired) electrons. The molecular weight excluding hydrogens is 350 g/mol. The van der Waals surface area contributed by atoms with E-state index < -0.39 is 4.92 Å². The maximum absolute atomic E-state index is 12.0. The molecule has 144 valence electrons. The van der Waals surface area contributed by atoms with Crippen molar-refractivity contribution in [2.75, 3.05) is 13.2 Å². The van der Waals surface area contributed by atoms with Crippen LogP contribution in [-0.4, -0.2) is 28.5 Å². The van der Waals surface area contributed by atoms with Gasteiger partial charge in [0.05, 0.1) is 24.1 Å². The average Bonchev–Trinajstić information content (AvgIpc) is 2.64. The van der Waals surface area contributed by atoms with Gasteiger partial charge < -0.3 is 14.6 Å². The molecule has 1 heterocycles. The third kappa shape index (κ3) is 6.58. The van der Waals surface area contributed by atoms with E-state index in [4.69, 9.17) is 4.74 Å². The lowest BCUT2D eigenvalue weighted by Gasteiger charge is -2.08. The summed E-state index contributed by atoms with van der Waals surface area (Å²) < 4.78 is 6.68. The summed E-state index contributed by atoms with van der Waals surface area (Å²) in [6.07, 6.45) is 2.83. The minimum absolute atomic E-state index is 0.0772. The number of carbonyl (C=O) groups excluding carboxylic acids is 1. The Morgan fingerprint density at radius 2 is 1.93 bits per heavy atom. The first-order valence-electron chi connectivity index (χ1n) is 8.83. The number of hydrogen-bond donors (Lipinski definition) is 1. The van der Waals surface area contributed by atoms with Crippen molar-refractivity contribution in [3.8, 4) is 5.75 Å². The number of pyridine rings is 1. The lowest BCUT2D eigenvalue weighted by molar-refractivity contribution is -0.385. The van der Waals surface area contributed by atoms with Gasteiger partial charge in [-0.05, 0) is 37.5 Å². The number of ether oxygens (including phenoxy) is 1. The molecule has 0 spiro atoms. The zero-order valence-corrected chi connectivity index (χ0v) is 15.2. The van der Waals surface area contributed by atoms with Crippen molar-refractivity contribution in [1.29, 1.82) is 0 Å². The highest BCUT2D eigenvalue weighted by Crippen LogP contribution is 2.12. The van der Waals surface area contributed by atoms with E-state index in [2.05, 4.69) is 5.32 Å². The summed E-state index contributed by atoms with van der Waals surface area (Å²) in [4.78, 5) is 33.9. The number of unbranched alkanes of at least 4 members (excludes halogenated alkanes) is 1. The highest BCUT2D eigenvalue weighted by Gasteiger charge is 2.08. The van der Waals surface area contributed by atoms with E-state index in [1.165, 1.54) is 22.9 Å². The molecule has 0 saturated carbocycles. The van der Waals surface area contributed by atoms with Gasteiger partial charge >= 0.3 is 0 Å². The number of nitrogens with one attached hydrogen (secondary N) is 1. The highest BCUT2D eigenvalue weighted by molar-refractivity contribution is 5.78. The average molecular weight is 373 g/mol. The molecule has 27 heavy (non-hydrogen) atoms. The molecule has 1 N–H and O–H groups in total. The fraction of sp³-hybridized carbons (Fsp3) is 0.368. The summed E-state index contributed by atoms with van der Waals surface area (Å²) in [6.45, 7) is 3.37. The molecule has 8 nitrogen and oxygen atoms in total. The number of aryl methyl sites for hydroxylation is 1. The first-order chi connectivity index (χ1) is 13.0. The second kappa shape index (κ2) is 10.1. The van der Waals surface area contributed by atoms with Gasteiger partial charge in [-0.1, -0.05) is 12.1 Å². The van der Waals surface area contributed by atoms with Crippen LogP contribution in [0.5, 0.6) is 5.75 Å². The molecule has 0 bridgehead atoms. The van der Waals surface area contributed by atoms with Gasteiger partial charge in [-0.25, -0.2) is 0 Å². The zero-order chi connectivity index (χ0) is 19.6. The Labute approximate surface area is 156 Å². The molecule has 0 atom stereocenters. The summed E-state index contributed by atoms with van der Waals surface area (Å²) in [7, 11) is 0. The molecule has 1 aromatic carbocycles. The molecule has 2 aromatic rings. The highest BCUT2D eigenvalue weighted by atomic mass is 16.6. The van der Waals surface area contributed by atoms with Crippen LogP contribution in [0.3, 0.4) is 0 Å². The largest absolute Gasteiger partial charge is 0.494 e. The predicted molar refractivity (Wildman–Crippen MR) is 101 cm³/mol. The number of amides is 1. The summed E-state index contributed by atoms with van der Waals surface area (Å²) in [5, 5.41) is 13.6. The van der Waals surface area contributed by atoms with Crippen molar-refractivity contribution >= 4 is 11.6 Å². The Kier molecular flexibility index (Phi) is 7.54. The molecule has 8 heteroatoms. The second-order valence-corrected chi connectivity index (χ2v) is 5.99. The number of nitro groups is 1. The maximum atomic E-state index is 12.0. The number of hydrogen-bond acceptors (Lipinski definition) is 5. The van der Waals surface area contributed by atoms with E-state index in [0.717, 1.165) is 11.3 Å². The Balaban J connectivity index is 1.70. The molecule has 0 saturated heterocycles. The second-order valence-electron chi connectivity index (χ2n) is 5.99. The van der Waals surface area contributed by atoms with Crippen molar-refractivity contribution in [2.24, 2.45) is 0 Å². The lowest BCUT2D eigenvalue weighted by atomic mass is 10.1. The summed E-state index contributed by atoms with van der Waals surface area (Å²) in [6, 6.07) is 9.78. The van der Waals surface area contributed by atoms with Crippen molar-refractivity contribution in [3.05, 3.63) is 68.6 Å². The van der Waals surface area contributed by atoms with Crippen LogP contribution in [0.1, 0.15) is 25.3 Å². The summed E-state index contributed by atoms with van der Waals surface area (Å²) in [5.74, 6) is 0.699. The van der Waals surface area contributed by atoms with E-state index in [1.807, 2.05) is 31.2 Å². The van der Waals surface area contributed by atoms with Crippen LogP contribution in [0.15, 0.2) is 47.4 Å². The number of benzene rings is 1. The first kappa shape index (κ1) is 20.2. The van der Waals surface area contributed by atoms with Gasteiger partial charge in [-0.3, -0.25) is 19.7 Å². The predicted octanol–water partition coefficient (Wildman–Crippen LogP) is 2.29. The number of nitrogens with zero attached hydrogens (tertiary/aromatic N) is 2. The van der Waals surface area contributed by atoms with Crippen molar-refractivity contribution in [1.82, 2.24) is 9.88 Å². The van der Waals surface area contributed by atoms with E-state index in [1.54, 1.807) is 0 Å². The lowest BCUT2D eigenvalue weighted by Crippen LogP contribution is -2.26. The molecule has 0 aliphatic rings. The minimum atomic E-state index is -0.531. The van der Waals surface area contributed by atoms with E-state index in [0.29, 0.717) is 32.5 Å². The summed E-state index contributed by atoms with van der Waals surface area (Å²) >= 11 is 0. The fourth-order valence-electron chi connectivity index (χ4n) is 2.55. The van der Waals surface area contributed by atoms with Crippen LogP contribution < -0.4 is 15.6 Å². The van der Waals surface area contributed by atoms with Gasteiger partial charge in [-0.15, -0.1) is 0 Å². The van der Waals surface area contributed by atoms with Gasteiger partial charge in [0, 0.05) is 25.2 Å². The molecule has 2 rings (SSSR count). The van der Waals surface area contributed by atoms with Crippen LogP contribution in [0.4, 0.5) is 5.69 Å². The van der Waals surface area contributed by atoms with Gasteiger partial charge in [0.2, 0.25) is 5.91 Å². The quantitative estimate of drug-likeness (QED) is 0.391. The molecule has 0 aliphatic heterocycles. The van der Waals surface area contributed by atoms with Crippen LogP contribution in [0.25, 0.3) is 0 Å². The third-order valence-electron chi connectivity index (χ3n) is 3.93. The van der Waals surface area contributed by atoms with Crippen LogP contribution in [0, 0.1) is 10.1 Å². The number of rotatable bonds is 10. The molecule has 0 unspecified atom stereocenters. The van der Waals surface area contributed by atoms with Crippen LogP contribution in [0.2, 0.25) is 0 Å². The third-order valence-corrected chi connectivity index (χ3v) is 3.93. The Bertz CT molecular complexity index is 830. The summed E-state index contributed by atoms with van der Waals surface area (Å²) in [5.41, 5.74) is 0.512. The van der Waals surface area contributed by atoms with Gasteiger partial charge in [0.1, 0.15) is 5.75 Å². The standard InChI is InChI=1S/C19H23N3O5/c1-2-27-17-8-5-15(6-9-17)13-18(23)20-11-3-4-12-21-14-16(22(25)26)7-10-19(21)24/h5-10,14H,2-4,11-13H2,1H3,(H,20,23). The van der Waals surface area contributed by atoms with E-state index >= 15 is 0 Å². The van der Waals surface area contributed by atoms with Crippen molar-refractivity contribution in [2.45, 2.75) is 32.7 Å². The van der Waals surface area contributed by atoms with E-state index in [-0.39, 0.29) is 23.6 Å². The van der Waals surface area contributed by atoms with Crippen molar-refractivity contribution in [3.63, 3.8) is 0 Å². The number of carbonyl (C=O) groups is 1. The molecule has 0 aliphatic carbocycles.